The standard InChI is InChI=1S/C24H29N5O/c1-18-16-21(17-25)28-19(2)26-13-7-3-4-8-20-11-14-29(15-12-20)23-10-6-5-9-22(23)24(30)27-18/h3-6,9-10,16,20,26H,2,7-8,11-15H2,1H3,(H,27,30)/b4-3-,18-16+,28-21+. The van der Waals surface area contributed by atoms with Gasteiger partial charge in [-0.25, -0.2) is 4.99 Å². The molecule has 30 heavy (non-hydrogen) atoms. The van der Waals surface area contributed by atoms with Gasteiger partial charge in [0.1, 0.15) is 17.6 Å². The van der Waals surface area contributed by atoms with Gasteiger partial charge in [-0.15, -0.1) is 0 Å². The molecule has 0 spiro atoms. The molecule has 1 aromatic carbocycles. The lowest BCUT2D eigenvalue weighted by Gasteiger charge is -2.34. The van der Waals surface area contributed by atoms with Gasteiger partial charge in [0.15, 0.2) is 0 Å². The maximum atomic E-state index is 12.9. The van der Waals surface area contributed by atoms with Gasteiger partial charge in [-0.1, -0.05) is 30.9 Å². The van der Waals surface area contributed by atoms with E-state index < -0.39 is 0 Å². The zero-order chi connectivity index (χ0) is 21.3. The summed E-state index contributed by atoms with van der Waals surface area (Å²) in [5.74, 6) is 0.929. The highest BCUT2D eigenvalue weighted by atomic mass is 16.1. The lowest BCUT2D eigenvalue weighted by molar-refractivity contribution is 0.0966. The fourth-order valence-corrected chi connectivity index (χ4v) is 3.82. The number of aliphatic imine (C=N–C) groups is 1. The molecule has 1 fully saturated rings. The molecule has 3 aliphatic heterocycles. The third-order valence-electron chi connectivity index (χ3n) is 5.41. The van der Waals surface area contributed by atoms with Crippen molar-refractivity contribution in [3.63, 3.8) is 0 Å². The first kappa shape index (κ1) is 21.4. The van der Waals surface area contributed by atoms with Gasteiger partial charge in [-0.2, -0.15) is 5.26 Å². The maximum Gasteiger partial charge on any atom is 0.257 e. The predicted molar refractivity (Wildman–Crippen MR) is 121 cm³/mol. The Morgan fingerprint density at radius 2 is 2.00 bits per heavy atom. The van der Waals surface area contributed by atoms with Gasteiger partial charge in [-0.3, -0.25) is 4.79 Å². The Hall–Kier alpha value is -3.33. The van der Waals surface area contributed by atoms with Crippen molar-refractivity contribution in [2.75, 3.05) is 24.5 Å². The largest absolute Gasteiger partial charge is 0.371 e. The first-order valence-electron chi connectivity index (χ1n) is 10.5. The van der Waals surface area contributed by atoms with E-state index >= 15 is 0 Å². The van der Waals surface area contributed by atoms with Crippen LogP contribution in [-0.4, -0.2) is 31.3 Å². The number of rotatable bonds is 0. The quantitative estimate of drug-likeness (QED) is 0.644. The third kappa shape index (κ3) is 5.84. The predicted octanol–water partition coefficient (Wildman–Crippen LogP) is 3.91. The van der Waals surface area contributed by atoms with Crippen LogP contribution in [0.3, 0.4) is 0 Å². The smallest absolute Gasteiger partial charge is 0.257 e. The molecule has 0 atom stereocenters. The van der Waals surface area contributed by atoms with Crippen LogP contribution >= 0.6 is 0 Å². The Morgan fingerprint density at radius 3 is 2.77 bits per heavy atom. The van der Waals surface area contributed by atoms with Crippen molar-refractivity contribution in [1.82, 2.24) is 10.6 Å². The van der Waals surface area contributed by atoms with E-state index in [1.54, 1.807) is 13.0 Å². The van der Waals surface area contributed by atoms with Crippen LogP contribution in [0.2, 0.25) is 0 Å². The number of benzene rings is 1. The van der Waals surface area contributed by atoms with Crippen LogP contribution in [0.25, 0.3) is 0 Å². The van der Waals surface area contributed by atoms with Crippen LogP contribution in [0.1, 0.15) is 43.0 Å². The summed E-state index contributed by atoms with van der Waals surface area (Å²) in [5, 5.41) is 15.4. The summed E-state index contributed by atoms with van der Waals surface area (Å²) in [6.45, 7) is 8.22. The molecule has 1 aromatic rings. The Bertz CT molecular complexity index is 914. The molecule has 2 N–H and O–H groups in total. The number of fused-ring (bicyclic) bond motifs is 11. The van der Waals surface area contributed by atoms with Crippen molar-refractivity contribution < 1.29 is 4.79 Å². The monoisotopic (exact) mass is 403 g/mol. The van der Waals surface area contributed by atoms with Crippen molar-refractivity contribution in [2.45, 2.75) is 32.6 Å². The van der Waals surface area contributed by atoms with Gasteiger partial charge in [0, 0.05) is 31.0 Å². The second kappa shape index (κ2) is 10.4. The first-order chi connectivity index (χ1) is 14.6. The highest BCUT2D eigenvalue weighted by molar-refractivity contribution is 6.08. The number of carbonyl (C=O) groups is 1. The molecule has 156 valence electrons. The maximum absolute atomic E-state index is 12.9. The van der Waals surface area contributed by atoms with Crippen molar-refractivity contribution >= 4 is 17.3 Å². The van der Waals surface area contributed by atoms with E-state index in [0.29, 0.717) is 29.5 Å². The number of anilines is 1. The van der Waals surface area contributed by atoms with Crippen LogP contribution in [0.5, 0.6) is 0 Å². The Labute approximate surface area is 178 Å². The molecular formula is C24H29N5O. The SMILES string of the molecule is C=C1/N=C(C#N)\C=C(/C)NC(=O)c2ccccc2N2CCC(C/C=C\CCN1)CC2. The van der Waals surface area contributed by atoms with E-state index in [9.17, 15) is 10.1 Å². The van der Waals surface area contributed by atoms with Crippen LogP contribution in [0.4, 0.5) is 5.69 Å². The normalized spacial score (nSPS) is 23.8. The highest BCUT2D eigenvalue weighted by Crippen LogP contribution is 2.28. The summed E-state index contributed by atoms with van der Waals surface area (Å²) in [7, 11) is 0. The van der Waals surface area contributed by atoms with Crippen molar-refractivity contribution in [2.24, 2.45) is 10.9 Å². The second-order valence-corrected chi connectivity index (χ2v) is 7.71. The second-order valence-electron chi connectivity index (χ2n) is 7.71. The number of nitrogens with one attached hydrogen (secondary N) is 2. The number of carbonyl (C=O) groups excluding carboxylic acids is 1. The number of hydrogen-bond donors (Lipinski definition) is 2. The molecule has 6 nitrogen and oxygen atoms in total. The highest BCUT2D eigenvalue weighted by Gasteiger charge is 2.22. The molecule has 6 heteroatoms. The molecule has 3 aliphatic rings. The fourth-order valence-electron chi connectivity index (χ4n) is 3.82. The zero-order valence-electron chi connectivity index (χ0n) is 17.5. The van der Waals surface area contributed by atoms with Gasteiger partial charge in [0.2, 0.25) is 0 Å². The summed E-state index contributed by atoms with van der Waals surface area (Å²) in [6.07, 6.45) is 10.2. The van der Waals surface area contributed by atoms with E-state index in [1.807, 2.05) is 30.3 Å². The van der Waals surface area contributed by atoms with Crippen molar-refractivity contribution in [3.05, 3.63) is 66.2 Å². The van der Waals surface area contributed by atoms with Gasteiger partial charge in [0.25, 0.3) is 5.91 Å². The number of allylic oxidation sites excluding steroid dienone is 3. The Morgan fingerprint density at radius 1 is 1.23 bits per heavy atom. The Balaban J connectivity index is 1.88. The number of nitrogens with zero attached hydrogens (tertiary/aromatic N) is 3. The minimum Gasteiger partial charge on any atom is -0.371 e. The van der Waals surface area contributed by atoms with Gasteiger partial charge in [0.05, 0.1) is 5.56 Å². The lowest BCUT2D eigenvalue weighted by Crippen LogP contribution is -2.35. The minimum atomic E-state index is -0.184. The number of para-hydroxylation sites is 1. The Kier molecular flexibility index (Phi) is 7.45. The minimum absolute atomic E-state index is 0.184. The van der Waals surface area contributed by atoms with Gasteiger partial charge < -0.3 is 15.5 Å². The molecule has 1 saturated heterocycles. The molecule has 0 aliphatic carbocycles. The average molecular weight is 404 g/mol. The molecule has 0 aromatic heterocycles. The molecule has 4 rings (SSSR count). The summed E-state index contributed by atoms with van der Waals surface area (Å²) < 4.78 is 0. The average Bonchev–Trinajstić information content (AvgIpc) is 2.75. The molecular weight excluding hydrogens is 374 g/mol. The van der Waals surface area contributed by atoms with Gasteiger partial charge in [-0.05, 0) is 56.7 Å². The molecule has 0 saturated carbocycles. The van der Waals surface area contributed by atoms with E-state index in [-0.39, 0.29) is 11.6 Å². The zero-order valence-corrected chi connectivity index (χ0v) is 17.5. The van der Waals surface area contributed by atoms with Crippen LogP contribution in [-0.2, 0) is 0 Å². The van der Waals surface area contributed by atoms with Crippen molar-refractivity contribution in [3.8, 4) is 6.07 Å². The molecule has 3 heterocycles. The molecule has 1 amide bonds. The van der Waals surface area contributed by atoms with Crippen LogP contribution < -0.4 is 15.5 Å². The number of hydrogen-bond acceptors (Lipinski definition) is 5. The summed E-state index contributed by atoms with van der Waals surface area (Å²) in [6, 6.07) is 9.75. The van der Waals surface area contributed by atoms with E-state index in [4.69, 9.17) is 0 Å². The number of nitriles is 1. The first-order valence-corrected chi connectivity index (χ1v) is 10.5. The van der Waals surface area contributed by atoms with Crippen LogP contribution in [0.15, 0.2) is 65.6 Å². The van der Waals surface area contributed by atoms with Gasteiger partial charge >= 0.3 is 0 Å². The summed E-state index contributed by atoms with van der Waals surface area (Å²) >= 11 is 0. The molecule has 0 unspecified atom stereocenters. The van der Waals surface area contributed by atoms with E-state index in [2.05, 4.69) is 39.3 Å². The molecule has 2 bridgehead atoms. The summed E-state index contributed by atoms with van der Waals surface area (Å²) in [4.78, 5) is 19.5. The lowest BCUT2D eigenvalue weighted by atomic mass is 9.92. The summed E-state index contributed by atoms with van der Waals surface area (Å²) in [5.41, 5.74) is 2.35. The topological polar surface area (TPSA) is 80.5 Å². The molecule has 0 radical (unpaired) electrons. The number of amides is 1. The van der Waals surface area contributed by atoms with Crippen molar-refractivity contribution in [1.29, 1.82) is 5.26 Å². The third-order valence-corrected chi connectivity index (χ3v) is 5.41. The van der Waals surface area contributed by atoms with E-state index in [0.717, 1.165) is 44.5 Å². The number of piperidine rings is 1. The van der Waals surface area contributed by atoms with E-state index in [1.165, 1.54) is 0 Å². The fraction of sp³-hybridized carbons (Fsp3) is 0.375. The van der Waals surface area contributed by atoms with Crippen LogP contribution in [0, 0.1) is 17.2 Å².